The second-order valence-electron chi connectivity index (χ2n) is 3.97. The zero-order valence-electron chi connectivity index (χ0n) is 10.1. The molecule has 19 heavy (non-hydrogen) atoms. The predicted octanol–water partition coefficient (Wildman–Crippen LogP) is 2.69. The van der Waals surface area contributed by atoms with Crippen LogP contribution in [0.2, 0.25) is 0 Å². The lowest BCUT2D eigenvalue weighted by atomic mass is 10.2. The maximum Gasteiger partial charge on any atom is 0.283 e. The molecule has 0 amide bonds. The third kappa shape index (κ3) is 4.61. The number of para-hydroxylation sites is 1. The van der Waals surface area contributed by atoms with E-state index in [0.29, 0.717) is 5.69 Å². The van der Waals surface area contributed by atoms with Gasteiger partial charge in [-0.25, -0.2) is 0 Å². The molecule has 0 spiro atoms. The van der Waals surface area contributed by atoms with Crippen LogP contribution in [0.1, 0.15) is 0 Å². The lowest BCUT2D eigenvalue weighted by Gasteiger charge is -2.08. The van der Waals surface area contributed by atoms with Gasteiger partial charge in [-0.2, -0.15) is 8.42 Å². The van der Waals surface area contributed by atoms with Crippen LogP contribution in [0.4, 0.5) is 17.1 Å². The van der Waals surface area contributed by atoms with Crippen molar-refractivity contribution in [2.75, 3.05) is 16.5 Å². The van der Waals surface area contributed by atoms with Crippen molar-refractivity contribution in [2.45, 2.75) is 0 Å². The topological polar surface area (TPSA) is 78.4 Å². The Kier molecular flexibility index (Phi) is 4.03. The Bertz CT molecular complexity index is 625. The monoisotopic (exact) mass is 278 g/mol. The molecule has 0 aliphatic heterocycles. The highest BCUT2D eigenvalue weighted by atomic mass is 32.2. The van der Waals surface area contributed by atoms with Gasteiger partial charge in [0, 0.05) is 17.1 Å². The van der Waals surface area contributed by atoms with Gasteiger partial charge in [0.2, 0.25) is 0 Å². The molecule has 2 aromatic rings. The Labute approximate surface area is 112 Å². The molecule has 0 aliphatic rings. The summed E-state index contributed by atoms with van der Waals surface area (Å²) in [6.45, 7) is 0. The van der Waals surface area contributed by atoms with E-state index in [9.17, 15) is 8.42 Å². The first-order valence-electron chi connectivity index (χ1n) is 5.64. The molecule has 2 aromatic carbocycles. The first-order chi connectivity index (χ1) is 9.03. The van der Waals surface area contributed by atoms with E-state index in [1.54, 1.807) is 12.1 Å². The van der Waals surface area contributed by atoms with Gasteiger partial charge in [0.1, 0.15) is 5.88 Å². The van der Waals surface area contributed by atoms with Gasteiger partial charge in [-0.15, -0.1) is 0 Å². The van der Waals surface area contributed by atoms with Crippen molar-refractivity contribution < 1.29 is 13.0 Å². The molecule has 0 aliphatic carbocycles. The van der Waals surface area contributed by atoms with E-state index in [-0.39, 0.29) is 0 Å². The fraction of sp³-hybridized carbons (Fsp3) is 0.0769. The van der Waals surface area contributed by atoms with E-state index in [1.807, 2.05) is 42.5 Å². The third-order valence-electron chi connectivity index (χ3n) is 2.41. The third-order valence-corrected chi connectivity index (χ3v) is 2.92. The van der Waals surface area contributed by atoms with Crippen molar-refractivity contribution in [1.29, 1.82) is 0 Å². The van der Waals surface area contributed by atoms with Crippen molar-refractivity contribution in [3.8, 4) is 0 Å². The molecule has 2 rings (SSSR count). The summed E-state index contributed by atoms with van der Waals surface area (Å²) in [4.78, 5) is 0. The summed E-state index contributed by atoms with van der Waals surface area (Å²) >= 11 is 0. The van der Waals surface area contributed by atoms with E-state index in [4.69, 9.17) is 4.55 Å². The highest BCUT2D eigenvalue weighted by Gasteiger charge is 2.03. The standard InChI is InChI=1S/C13H14N2O3S/c16-19(17,18)10-14-11-6-8-13(9-7-11)15-12-4-2-1-3-5-12/h1-9,14-15H,10H2,(H,16,17,18). The average molecular weight is 278 g/mol. The Hall–Kier alpha value is -2.05. The summed E-state index contributed by atoms with van der Waals surface area (Å²) in [5.41, 5.74) is 2.49. The smallest absolute Gasteiger partial charge is 0.283 e. The van der Waals surface area contributed by atoms with Crippen molar-refractivity contribution in [3.05, 3.63) is 54.6 Å². The fourth-order valence-corrected chi connectivity index (χ4v) is 1.88. The molecule has 0 radical (unpaired) electrons. The Morgan fingerprint density at radius 2 is 1.37 bits per heavy atom. The Balaban J connectivity index is 1.99. The Morgan fingerprint density at radius 1 is 0.842 bits per heavy atom. The maximum atomic E-state index is 10.6. The molecule has 0 unspecified atom stereocenters. The molecule has 5 nitrogen and oxygen atoms in total. The van der Waals surface area contributed by atoms with Crippen LogP contribution < -0.4 is 10.6 Å². The van der Waals surface area contributed by atoms with Crippen LogP contribution in [0.5, 0.6) is 0 Å². The SMILES string of the molecule is O=S(=O)(O)CNc1ccc(Nc2ccccc2)cc1. The Morgan fingerprint density at radius 3 is 1.95 bits per heavy atom. The average Bonchev–Trinajstić information content (AvgIpc) is 2.38. The molecular weight excluding hydrogens is 264 g/mol. The van der Waals surface area contributed by atoms with Gasteiger partial charge in [-0.05, 0) is 36.4 Å². The number of hydrogen-bond donors (Lipinski definition) is 3. The summed E-state index contributed by atoms with van der Waals surface area (Å²) in [6, 6.07) is 16.8. The molecule has 6 heteroatoms. The molecule has 0 saturated heterocycles. The lowest BCUT2D eigenvalue weighted by Crippen LogP contribution is -2.12. The minimum atomic E-state index is -4.01. The van der Waals surface area contributed by atoms with Gasteiger partial charge in [0.15, 0.2) is 0 Å². The van der Waals surface area contributed by atoms with Crippen LogP contribution in [0.25, 0.3) is 0 Å². The zero-order valence-corrected chi connectivity index (χ0v) is 10.9. The van der Waals surface area contributed by atoms with E-state index in [2.05, 4.69) is 10.6 Å². The van der Waals surface area contributed by atoms with Gasteiger partial charge in [0.05, 0.1) is 0 Å². The van der Waals surface area contributed by atoms with Crippen molar-refractivity contribution in [1.82, 2.24) is 0 Å². The minimum Gasteiger partial charge on any atom is -0.370 e. The molecule has 0 saturated carbocycles. The van der Waals surface area contributed by atoms with Gasteiger partial charge in [-0.3, -0.25) is 4.55 Å². The van der Waals surface area contributed by atoms with E-state index < -0.39 is 16.0 Å². The van der Waals surface area contributed by atoms with Gasteiger partial charge in [0.25, 0.3) is 10.1 Å². The molecule has 0 heterocycles. The van der Waals surface area contributed by atoms with Gasteiger partial charge < -0.3 is 10.6 Å². The van der Waals surface area contributed by atoms with Crippen molar-refractivity contribution in [2.24, 2.45) is 0 Å². The number of nitrogens with one attached hydrogen (secondary N) is 2. The fourth-order valence-electron chi connectivity index (χ4n) is 1.53. The largest absolute Gasteiger partial charge is 0.370 e. The van der Waals surface area contributed by atoms with Crippen LogP contribution in [0.15, 0.2) is 54.6 Å². The second-order valence-corrected chi connectivity index (χ2v) is 5.42. The van der Waals surface area contributed by atoms with Crippen LogP contribution in [0.3, 0.4) is 0 Å². The predicted molar refractivity (Wildman–Crippen MR) is 76.2 cm³/mol. The van der Waals surface area contributed by atoms with Crippen LogP contribution in [0, 0.1) is 0 Å². The number of rotatable bonds is 5. The maximum absolute atomic E-state index is 10.6. The number of hydrogen-bond acceptors (Lipinski definition) is 4. The van der Waals surface area contributed by atoms with Crippen LogP contribution >= 0.6 is 0 Å². The molecular formula is C13H14N2O3S. The highest BCUT2D eigenvalue weighted by Crippen LogP contribution is 2.18. The van der Waals surface area contributed by atoms with Crippen LogP contribution in [-0.4, -0.2) is 18.8 Å². The van der Waals surface area contributed by atoms with Crippen molar-refractivity contribution >= 4 is 27.2 Å². The molecule has 0 fully saturated rings. The lowest BCUT2D eigenvalue weighted by molar-refractivity contribution is 0.485. The number of benzene rings is 2. The summed E-state index contributed by atoms with van der Waals surface area (Å²) < 4.78 is 29.8. The van der Waals surface area contributed by atoms with Crippen LogP contribution in [-0.2, 0) is 10.1 Å². The van der Waals surface area contributed by atoms with E-state index in [0.717, 1.165) is 11.4 Å². The summed E-state index contributed by atoms with van der Waals surface area (Å²) in [5, 5.41) is 5.82. The van der Waals surface area contributed by atoms with Gasteiger partial charge >= 0.3 is 0 Å². The zero-order chi connectivity index (χ0) is 13.7. The van der Waals surface area contributed by atoms with Crippen molar-refractivity contribution in [3.63, 3.8) is 0 Å². The van der Waals surface area contributed by atoms with E-state index >= 15 is 0 Å². The first-order valence-corrected chi connectivity index (χ1v) is 7.25. The molecule has 3 N–H and O–H groups in total. The minimum absolute atomic E-state index is 0.502. The highest BCUT2D eigenvalue weighted by molar-refractivity contribution is 7.85. The first kappa shape index (κ1) is 13.4. The molecule has 0 bridgehead atoms. The quantitative estimate of drug-likeness (QED) is 0.733. The molecule has 100 valence electrons. The molecule has 0 aromatic heterocycles. The normalized spacial score (nSPS) is 11.0. The molecule has 0 atom stereocenters. The summed E-state index contributed by atoms with van der Waals surface area (Å²) in [6.07, 6.45) is 0. The number of anilines is 3. The summed E-state index contributed by atoms with van der Waals surface area (Å²) in [7, 11) is -4.01. The summed E-state index contributed by atoms with van der Waals surface area (Å²) in [5.74, 6) is -0.502. The second kappa shape index (κ2) is 5.73. The van der Waals surface area contributed by atoms with E-state index in [1.165, 1.54) is 0 Å². The van der Waals surface area contributed by atoms with Gasteiger partial charge in [-0.1, -0.05) is 18.2 Å².